The molecule has 3 rings (SSSR count). The molecule has 0 spiro atoms. The van der Waals surface area contributed by atoms with Crippen LogP contribution >= 0.6 is 0 Å². The molecule has 5 nitrogen and oxygen atoms in total. The second kappa shape index (κ2) is 4.25. The van der Waals surface area contributed by atoms with Crippen molar-refractivity contribution in [2.75, 3.05) is 5.32 Å². The number of rotatable bonds is 2. The van der Waals surface area contributed by atoms with E-state index in [1.165, 1.54) is 23.8 Å². The summed E-state index contributed by atoms with van der Waals surface area (Å²) < 4.78 is 1.27. The molecule has 2 N–H and O–H groups in total. The number of aromatic amines is 1. The molecule has 2 heterocycles. The van der Waals surface area contributed by atoms with E-state index in [1.807, 2.05) is 6.92 Å². The summed E-state index contributed by atoms with van der Waals surface area (Å²) in [6.07, 6.45) is 5.51. The lowest BCUT2D eigenvalue weighted by molar-refractivity contribution is 0.186. The maximum atomic E-state index is 12.2. The van der Waals surface area contributed by atoms with Crippen LogP contribution in [0.25, 0.3) is 0 Å². The van der Waals surface area contributed by atoms with Gasteiger partial charge < -0.3 is 5.32 Å². The second-order valence-electron chi connectivity index (χ2n) is 6.00. The minimum Gasteiger partial charge on any atom is -0.366 e. The van der Waals surface area contributed by atoms with Crippen LogP contribution in [0.1, 0.15) is 45.1 Å². The molecule has 0 aromatic carbocycles. The summed E-state index contributed by atoms with van der Waals surface area (Å²) in [7, 11) is 0. The Labute approximate surface area is 112 Å². The summed E-state index contributed by atoms with van der Waals surface area (Å²) in [5, 5.41) is 3.44. The minimum atomic E-state index is -0.309. The first kappa shape index (κ1) is 12.5. The third-order valence-corrected chi connectivity index (χ3v) is 4.91. The Morgan fingerprint density at radius 2 is 2.11 bits per heavy atom. The molecule has 1 atom stereocenters. The molecule has 5 heteroatoms. The molecule has 0 unspecified atom stereocenters. The lowest BCUT2D eigenvalue weighted by Gasteiger charge is -2.46. The van der Waals surface area contributed by atoms with Gasteiger partial charge in [-0.2, -0.15) is 0 Å². The van der Waals surface area contributed by atoms with Gasteiger partial charge in [0.1, 0.15) is 5.82 Å². The van der Waals surface area contributed by atoms with Crippen LogP contribution in [0.15, 0.2) is 9.59 Å². The van der Waals surface area contributed by atoms with Crippen LogP contribution in [0.4, 0.5) is 5.82 Å². The third kappa shape index (κ3) is 1.83. The molecule has 0 bridgehead atoms. The monoisotopic (exact) mass is 263 g/mol. The first-order chi connectivity index (χ1) is 9.05. The van der Waals surface area contributed by atoms with Crippen LogP contribution in [0.3, 0.4) is 0 Å². The van der Waals surface area contributed by atoms with Gasteiger partial charge in [-0.3, -0.25) is 14.3 Å². The Balaban J connectivity index is 2.02. The van der Waals surface area contributed by atoms with Crippen molar-refractivity contribution in [3.05, 3.63) is 26.4 Å². The number of nitrogens with one attached hydrogen (secondary N) is 2. The van der Waals surface area contributed by atoms with Crippen LogP contribution in [-0.2, 0) is 13.0 Å². The number of hydrogen-bond acceptors (Lipinski definition) is 3. The van der Waals surface area contributed by atoms with Crippen LogP contribution < -0.4 is 16.6 Å². The van der Waals surface area contributed by atoms with Crippen LogP contribution in [0, 0.1) is 5.92 Å². The van der Waals surface area contributed by atoms with Crippen molar-refractivity contribution >= 4 is 5.82 Å². The van der Waals surface area contributed by atoms with Crippen molar-refractivity contribution in [3.8, 4) is 0 Å². The Morgan fingerprint density at radius 1 is 1.37 bits per heavy atom. The second-order valence-corrected chi connectivity index (χ2v) is 6.00. The molecule has 1 fully saturated rings. The number of fused-ring (bicyclic) bond motifs is 1. The van der Waals surface area contributed by atoms with E-state index in [1.54, 1.807) is 0 Å². The van der Waals surface area contributed by atoms with Crippen molar-refractivity contribution < 1.29 is 0 Å². The first-order valence-corrected chi connectivity index (χ1v) is 7.19. The molecule has 0 saturated heterocycles. The number of hydrogen-bond donors (Lipinski definition) is 2. The zero-order valence-electron chi connectivity index (χ0n) is 11.6. The lowest BCUT2D eigenvalue weighted by Crippen LogP contribution is -2.51. The summed E-state index contributed by atoms with van der Waals surface area (Å²) >= 11 is 0. The molecule has 19 heavy (non-hydrogen) atoms. The Hall–Kier alpha value is -1.52. The van der Waals surface area contributed by atoms with Gasteiger partial charge in [0.05, 0.1) is 5.56 Å². The van der Waals surface area contributed by atoms with Gasteiger partial charge in [0.2, 0.25) is 0 Å². The van der Waals surface area contributed by atoms with E-state index in [4.69, 9.17) is 0 Å². The van der Waals surface area contributed by atoms with Gasteiger partial charge in [-0.1, -0.05) is 6.42 Å². The summed E-state index contributed by atoms with van der Waals surface area (Å²) in [4.78, 5) is 27.0. The Kier molecular flexibility index (Phi) is 2.80. The first-order valence-electron chi connectivity index (χ1n) is 7.19. The predicted molar refractivity (Wildman–Crippen MR) is 74.7 cm³/mol. The van der Waals surface area contributed by atoms with Crippen molar-refractivity contribution in [3.63, 3.8) is 0 Å². The van der Waals surface area contributed by atoms with E-state index in [0.29, 0.717) is 18.3 Å². The zero-order chi connectivity index (χ0) is 13.6. The van der Waals surface area contributed by atoms with Crippen molar-refractivity contribution in [1.29, 1.82) is 0 Å². The van der Waals surface area contributed by atoms with E-state index in [0.717, 1.165) is 18.4 Å². The quantitative estimate of drug-likeness (QED) is 0.849. The average molecular weight is 263 g/mol. The molecule has 0 radical (unpaired) electrons. The van der Waals surface area contributed by atoms with E-state index in [-0.39, 0.29) is 16.8 Å². The van der Waals surface area contributed by atoms with Gasteiger partial charge in [-0.15, -0.1) is 0 Å². The molecule has 1 aliphatic carbocycles. The van der Waals surface area contributed by atoms with Crippen LogP contribution in [0.5, 0.6) is 0 Å². The van der Waals surface area contributed by atoms with Crippen molar-refractivity contribution in [2.24, 2.45) is 5.92 Å². The van der Waals surface area contributed by atoms with Gasteiger partial charge >= 0.3 is 5.69 Å². The van der Waals surface area contributed by atoms with Gasteiger partial charge in [0.25, 0.3) is 5.56 Å². The highest BCUT2D eigenvalue weighted by molar-refractivity contribution is 5.48. The van der Waals surface area contributed by atoms with Crippen molar-refractivity contribution in [1.82, 2.24) is 9.55 Å². The molecular weight excluding hydrogens is 242 g/mol. The fraction of sp³-hybridized carbons (Fsp3) is 0.714. The highest BCUT2D eigenvalue weighted by atomic mass is 16.2. The highest BCUT2D eigenvalue weighted by Crippen LogP contribution is 2.42. The number of H-pyrrole nitrogens is 1. The van der Waals surface area contributed by atoms with E-state index in [9.17, 15) is 9.59 Å². The summed E-state index contributed by atoms with van der Waals surface area (Å²) in [5.41, 5.74) is 0.318. The summed E-state index contributed by atoms with van der Waals surface area (Å²) in [6.45, 7) is 4.45. The molecule has 1 aliphatic heterocycles. The molecule has 1 aromatic heterocycles. The molecule has 1 aromatic rings. The maximum absolute atomic E-state index is 12.2. The maximum Gasteiger partial charge on any atom is 0.329 e. The third-order valence-electron chi connectivity index (χ3n) is 4.91. The molecule has 0 amide bonds. The molecule has 104 valence electrons. The summed E-state index contributed by atoms with van der Waals surface area (Å²) in [6, 6.07) is 0. The van der Waals surface area contributed by atoms with Crippen LogP contribution in [0.2, 0.25) is 0 Å². The lowest BCUT2D eigenvalue weighted by atomic mass is 9.68. The smallest absolute Gasteiger partial charge is 0.329 e. The number of anilines is 1. The van der Waals surface area contributed by atoms with E-state index >= 15 is 0 Å². The standard InChI is InChI=1S/C14H21N3O2/c1-3-17-12(18)10-7-8-14(2,9-5-4-6-9)16-11(10)15-13(17)19/h9,16H,3-8H2,1-2H3,(H,15,19)/t14-/m1/s1. The number of nitrogens with zero attached hydrogens (tertiary/aromatic N) is 1. The fourth-order valence-corrected chi connectivity index (χ4v) is 3.32. The molecular formula is C14H21N3O2. The van der Waals surface area contributed by atoms with Crippen molar-refractivity contribution in [2.45, 2.75) is 58.0 Å². The highest BCUT2D eigenvalue weighted by Gasteiger charge is 2.41. The molecule has 1 saturated carbocycles. The normalized spacial score (nSPS) is 26.4. The zero-order valence-corrected chi connectivity index (χ0v) is 11.6. The topological polar surface area (TPSA) is 66.9 Å². The fourth-order valence-electron chi connectivity index (χ4n) is 3.32. The van der Waals surface area contributed by atoms with Crippen LogP contribution in [-0.4, -0.2) is 15.1 Å². The number of aromatic nitrogens is 2. The SMILES string of the molecule is CCn1c(=O)[nH]c2c(c1=O)CC[C@](C)(C1CCC1)N2. The van der Waals surface area contributed by atoms with E-state index in [2.05, 4.69) is 17.2 Å². The van der Waals surface area contributed by atoms with Gasteiger partial charge in [-0.25, -0.2) is 4.79 Å². The predicted octanol–water partition coefficient (Wildman–Crippen LogP) is 1.47. The largest absolute Gasteiger partial charge is 0.366 e. The van der Waals surface area contributed by atoms with E-state index < -0.39 is 0 Å². The average Bonchev–Trinajstić information content (AvgIpc) is 2.25. The Bertz CT molecular complexity index is 612. The summed E-state index contributed by atoms with van der Waals surface area (Å²) in [5.74, 6) is 1.32. The van der Waals surface area contributed by atoms with Gasteiger partial charge in [0, 0.05) is 12.1 Å². The molecule has 2 aliphatic rings. The Morgan fingerprint density at radius 3 is 2.68 bits per heavy atom. The minimum absolute atomic E-state index is 0.0268. The van der Waals surface area contributed by atoms with Gasteiger partial charge in [0.15, 0.2) is 0 Å². The van der Waals surface area contributed by atoms with Gasteiger partial charge in [-0.05, 0) is 45.4 Å².